The van der Waals surface area contributed by atoms with Gasteiger partial charge in [0.2, 0.25) is 0 Å². The summed E-state index contributed by atoms with van der Waals surface area (Å²) in [5.41, 5.74) is -1.15. The summed E-state index contributed by atoms with van der Waals surface area (Å²) in [7, 11) is 1.78. The monoisotopic (exact) mass is 432 g/mol. The van der Waals surface area contributed by atoms with Crippen LogP contribution in [0.4, 0.5) is 10.1 Å². The van der Waals surface area contributed by atoms with E-state index in [2.05, 4.69) is 5.32 Å². The first-order valence-electron chi connectivity index (χ1n) is 10.3. The van der Waals surface area contributed by atoms with Crippen LogP contribution in [0.25, 0.3) is 0 Å². The Morgan fingerprint density at radius 1 is 1.03 bits per heavy atom. The van der Waals surface area contributed by atoms with Crippen molar-refractivity contribution in [1.82, 2.24) is 4.90 Å². The highest BCUT2D eigenvalue weighted by molar-refractivity contribution is 6.16. The number of aromatic hydroxyl groups is 2. The molecule has 0 saturated carbocycles. The summed E-state index contributed by atoms with van der Waals surface area (Å²) < 4.78 is 14.1. The first kappa shape index (κ1) is 20.2. The van der Waals surface area contributed by atoms with E-state index in [0.29, 0.717) is 23.4 Å². The number of nitrogens with zero attached hydrogens (tertiary/aromatic N) is 1. The predicted molar refractivity (Wildman–Crippen MR) is 116 cm³/mol. The summed E-state index contributed by atoms with van der Waals surface area (Å²) in [4.78, 5) is 29.8. The molecule has 1 amide bonds. The number of carbonyl (C=O) groups is 2. The lowest BCUT2D eigenvalue weighted by Gasteiger charge is -2.44. The number of amides is 1. The van der Waals surface area contributed by atoms with Gasteiger partial charge >= 0.3 is 0 Å². The zero-order valence-electron chi connectivity index (χ0n) is 17.3. The smallest absolute Gasteiger partial charge is 0.251 e. The fourth-order valence-corrected chi connectivity index (χ4v) is 5.48. The third-order valence-corrected chi connectivity index (χ3v) is 6.85. The Labute approximate surface area is 183 Å². The van der Waals surface area contributed by atoms with Crippen LogP contribution in [0.15, 0.2) is 66.7 Å². The Morgan fingerprint density at radius 3 is 2.56 bits per heavy atom. The lowest BCUT2D eigenvalue weighted by Crippen LogP contribution is -2.60. The fourth-order valence-electron chi connectivity index (χ4n) is 5.48. The third kappa shape index (κ3) is 2.42. The van der Waals surface area contributed by atoms with E-state index in [1.165, 1.54) is 30.3 Å². The molecule has 0 aliphatic carbocycles. The molecular weight excluding hydrogens is 411 g/mol. The van der Waals surface area contributed by atoms with Crippen LogP contribution in [-0.4, -0.2) is 40.4 Å². The number of likely N-dealkylation sites (N-methyl/N-ethyl adjacent to an activating group) is 1. The van der Waals surface area contributed by atoms with Crippen molar-refractivity contribution in [3.8, 4) is 11.5 Å². The minimum atomic E-state index is -1.47. The Hall–Kier alpha value is -3.71. The Kier molecular flexibility index (Phi) is 4.36. The van der Waals surface area contributed by atoms with Gasteiger partial charge in [-0.05, 0) is 49.4 Å². The summed E-state index contributed by atoms with van der Waals surface area (Å²) in [5.74, 6) is -2.09. The van der Waals surface area contributed by atoms with E-state index in [4.69, 9.17) is 0 Å². The number of phenolic OH excluding ortho intramolecular Hbond substituents is 2. The maximum absolute atomic E-state index is 14.3. The summed E-state index contributed by atoms with van der Waals surface area (Å²) in [5, 5.41) is 23.1. The van der Waals surface area contributed by atoms with Gasteiger partial charge in [-0.25, -0.2) is 4.39 Å². The van der Waals surface area contributed by atoms with Crippen LogP contribution in [0.3, 0.4) is 0 Å². The maximum Gasteiger partial charge on any atom is 0.251 e. The second-order valence-corrected chi connectivity index (χ2v) is 8.33. The molecule has 1 fully saturated rings. The number of anilines is 1. The summed E-state index contributed by atoms with van der Waals surface area (Å²) >= 11 is 0. The van der Waals surface area contributed by atoms with Crippen LogP contribution in [0, 0.1) is 5.82 Å². The molecule has 2 unspecified atom stereocenters. The van der Waals surface area contributed by atoms with Gasteiger partial charge in [-0.3, -0.25) is 14.5 Å². The van der Waals surface area contributed by atoms with Crippen molar-refractivity contribution in [3.05, 3.63) is 89.2 Å². The number of halogens is 1. The standard InChI is InChI=1S/C25H21FN2O4/c1-28-12-11-24(16-9-10-20(29)21(30)14-16,22(31)15-5-4-6-17(26)13-15)25(28)18-7-2-3-8-19(18)27-23(25)32/h2-10,13-14,29-30H,11-12H2,1H3,(H,27,32). The van der Waals surface area contributed by atoms with Gasteiger partial charge in [-0.1, -0.05) is 36.4 Å². The normalized spacial score (nSPS) is 24.5. The lowest BCUT2D eigenvalue weighted by molar-refractivity contribution is -0.127. The van der Waals surface area contributed by atoms with Gasteiger partial charge in [0, 0.05) is 23.4 Å². The van der Waals surface area contributed by atoms with Gasteiger partial charge in [0.15, 0.2) is 17.3 Å². The molecule has 0 bridgehead atoms. The van der Waals surface area contributed by atoms with Crippen molar-refractivity contribution >= 4 is 17.4 Å². The van der Waals surface area contributed by atoms with Gasteiger partial charge in [-0.2, -0.15) is 0 Å². The van der Waals surface area contributed by atoms with Crippen molar-refractivity contribution < 1.29 is 24.2 Å². The van der Waals surface area contributed by atoms with Crippen LogP contribution in [0.5, 0.6) is 11.5 Å². The molecule has 2 heterocycles. The molecule has 162 valence electrons. The molecule has 1 saturated heterocycles. The molecule has 7 heteroatoms. The van der Waals surface area contributed by atoms with E-state index in [0.717, 1.165) is 6.07 Å². The number of rotatable bonds is 3. The van der Waals surface area contributed by atoms with E-state index < -0.39 is 28.3 Å². The van der Waals surface area contributed by atoms with Crippen molar-refractivity contribution in [3.63, 3.8) is 0 Å². The second-order valence-electron chi connectivity index (χ2n) is 8.33. The number of Topliss-reactive ketones (excluding diaryl/α,β-unsaturated/α-hetero) is 1. The van der Waals surface area contributed by atoms with Gasteiger partial charge in [0.05, 0.1) is 5.41 Å². The highest BCUT2D eigenvalue weighted by Crippen LogP contribution is 2.59. The minimum Gasteiger partial charge on any atom is -0.504 e. The van der Waals surface area contributed by atoms with Gasteiger partial charge < -0.3 is 15.5 Å². The lowest BCUT2D eigenvalue weighted by atomic mass is 9.59. The Morgan fingerprint density at radius 2 is 1.81 bits per heavy atom. The number of hydrogen-bond donors (Lipinski definition) is 3. The SMILES string of the molecule is CN1CCC(C(=O)c2cccc(F)c2)(c2ccc(O)c(O)c2)C12C(=O)Nc1ccccc12. The van der Waals surface area contributed by atoms with E-state index in [1.54, 1.807) is 31.3 Å². The first-order valence-corrected chi connectivity index (χ1v) is 10.3. The largest absolute Gasteiger partial charge is 0.504 e. The minimum absolute atomic E-state index is 0.129. The second kappa shape index (κ2) is 6.90. The molecule has 2 aliphatic rings. The number of benzene rings is 3. The number of carbonyl (C=O) groups excluding carboxylic acids is 2. The zero-order chi connectivity index (χ0) is 22.7. The molecule has 1 spiro atoms. The summed E-state index contributed by atoms with van der Waals surface area (Å²) in [6, 6.07) is 16.8. The Balaban J connectivity index is 1.87. The molecule has 2 aliphatic heterocycles. The van der Waals surface area contributed by atoms with Crippen molar-refractivity contribution in [2.45, 2.75) is 17.4 Å². The molecule has 32 heavy (non-hydrogen) atoms. The molecule has 2 atom stereocenters. The highest BCUT2D eigenvalue weighted by atomic mass is 19.1. The average molecular weight is 432 g/mol. The quantitative estimate of drug-likeness (QED) is 0.435. The van der Waals surface area contributed by atoms with E-state index in [-0.39, 0.29) is 23.6 Å². The molecule has 3 aromatic rings. The number of fused-ring (bicyclic) bond motifs is 2. The zero-order valence-corrected chi connectivity index (χ0v) is 17.3. The number of hydrogen-bond acceptors (Lipinski definition) is 5. The number of nitrogens with one attached hydrogen (secondary N) is 1. The van der Waals surface area contributed by atoms with Crippen LogP contribution in [0.1, 0.15) is 27.9 Å². The molecule has 6 nitrogen and oxygen atoms in total. The molecule has 0 aromatic heterocycles. The molecule has 3 N–H and O–H groups in total. The molecule has 0 radical (unpaired) electrons. The predicted octanol–water partition coefficient (Wildman–Crippen LogP) is 3.54. The number of phenols is 2. The van der Waals surface area contributed by atoms with Crippen LogP contribution < -0.4 is 5.32 Å². The Bertz CT molecular complexity index is 1280. The van der Waals surface area contributed by atoms with Gasteiger partial charge in [0.25, 0.3) is 5.91 Å². The third-order valence-electron chi connectivity index (χ3n) is 6.85. The van der Waals surface area contributed by atoms with Crippen LogP contribution >= 0.6 is 0 Å². The van der Waals surface area contributed by atoms with Crippen molar-refractivity contribution in [2.24, 2.45) is 0 Å². The molecule has 5 rings (SSSR count). The van der Waals surface area contributed by atoms with E-state index in [9.17, 15) is 24.2 Å². The molecule has 3 aromatic carbocycles. The summed E-state index contributed by atoms with van der Waals surface area (Å²) in [6.45, 7) is 0.407. The average Bonchev–Trinajstić information content (AvgIpc) is 3.26. The number of para-hydroxylation sites is 1. The van der Waals surface area contributed by atoms with Gasteiger partial charge in [0.1, 0.15) is 11.4 Å². The van der Waals surface area contributed by atoms with Crippen molar-refractivity contribution in [1.29, 1.82) is 0 Å². The van der Waals surface area contributed by atoms with Crippen LogP contribution in [0.2, 0.25) is 0 Å². The first-order chi connectivity index (χ1) is 15.3. The number of likely N-dealkylation sites (tertiary alicyclic amines) is 1. The topological polar surface area (TPSA) is 89.9 Å². The van der Waals surface area contributed by atoms with E-state index >= 15 is 0 Å². The van der Waals surface area contributed by atoms with E-state index in [1.807, 2.05) is 11.0 Å². The fraction of sp³-hybridized carbons (Fsp3) is 0.200. The van der Waals surface area contributed by atoms with Crippen molar-refractivity contribution in [2.75, 3.05) is 18.9 Å². The maximum atomic E-state index is 14.3. The molecular formula is C25H21FN2O4. The number of ketones is 1. The van der Waals surface area contributed by atoms with Crippen LogP contribution in [-0.2, 0) is 15.7 Å². The highest BCUT2D eigenvalue weighted by Gasteiger charge is 2.70. The summed E-state index contributed by atoms with van der Waals surface area (Å²) in [6.07, 6.45) is 0.255. The van der Waals surface area contributed by atoms with Gasteiger partial charge in [-0.15, -0.1) is 0 Å².